The number of rotatable bonds is 35. The minimum Gasteiger partial charge on any atom is -0.508 e. The highest BCUT2D eigenvalue weighted by Crippen LogP contribution is 2.30. The van der Waals surface area contributed by atoms with Gasteiger partial charge in [0, 0.05) is 94.0 Å². The number of ketones is 3. The second kappa shape index (κ2) is 34.2. The minimum atomic E-state index is -1.57. The molecule has 2 aliphatic rings. The summed E-state index contributed by atoms with van der Waals surface area (Å²) in [5.74, 6) is -8.66. The van der Waals surface area contributed by atoms with Crippen LogP contribution in [0.4, 0.5) is 4.79 Å². The zero-order valence-corrected chi connectivity index (χ0v) is 50.3. The van der Waals surface area contributed by atoms with Gasteiger partial charge < -0.3 is 74.7 Å². The maximum absolute atomic E-state index is 14.3. The summed E-state index contributed by atoms with van der Waals surface area (Å²) in [7, 11) is 0. The van der Waals surface area contributed by atoms with E-state index in [0.717, 1.165) is 53.5 Å². The summed E-state index contributed by atoms with van der Waals surface area (Å²) in [5.41, 5.74) is 24.5. The number of carbonyl (C=O) groups excluding carboxylic acids is 10. The number of phenolic OH excluding ortho intramolecular Hbond substituents is 1. The fourth-order valence-electron chi connectivity index (χ4n) is 11.5. The van der Waals surface area contributed by atoms with E-state index in [4.69, 9.17) is 22.9 Å². The summed E-state index contributed by atoms with van der Waals surface area (Å²) in [4.78, 5) is 145. The number of hydrogen-bond acceptors (Lipinski definition) is 14. The van der Waals surface area contributed by atoms with E-state index in [0.29, 0.717) is 18.4 Å². The van der Waals surface area contributed by atoms with Gasteiger partial charge in [-0.1, -0.05) is 88.4 Å². The van der Waals surface area contributed by atoms with Crippen molar-refractivity contribution in [2.24, 2.45) is 57.5 Å². The number of nitrogens with zero attached hydrogens (tertiary/aromatic N) is 2. The van der Waals surface area contributed by atoms with Gasteiger partial charge in [-0.05, 0) is 80.2 Å². The standard InChI is InChI=1S/C62H90N12O13/c1-35(2)25-40(54(80)29-41(16-12-24-67-61(64)65)57(83)72-49(56(63)82)28-42-32-68-47-18-10-9-17-45(42)47)15-8-11-19-53(79)48(26-38-13-6-5-7-14-38)71-58(84)46(36(3)75)31-55(81)51(33-69-62(66)87)73-59(85)52-30-44(78)34-74(52)60(86)50(70-37(4)76)27-39-20-22-43(77)23-21-39/h8-10,15,17-18,20-23,32,35-36,38,40-41,44,46,48-52,68,75,77-78H,5-7,11-14,16,19,24-31,33-34H2,1-4H3,(H2,63,82)(H,70,76)(H,71,84)(H,72,83)(H,73,85)(H4,64,65,67)(H3,66,69,87)/b15-8+/t36-,40+,41-,44-,46+,48+,49+,50-,51+,52+/m1/s1. The maximum atomic E-state index is 14.3. The average molecular weight is 1210 g/mol. The number of aromatic hydroxyl groups is 1. The normalized spacial score (nSPS) is 18.1. The van der Waals surface area contributed by atoms with Gasteiger partial charge in [-0.25, -0.2) is 4.79 Å². The summed E-state index contributed by atoms with van der Waals surface area (Å²) in [6.45, 7) is 5.74. The van der Waals surface area contributed by atoms with E-state index in [1.807, 2.05) is 38.1 Å². The molecule has 25 nitrogen and oxygen atoms in total. The number of aliphatic hydroxyl groups excluding tert-OH is 2. The van der Waals surface area contributed by atoms with Crippen LogP contribution < -0.4 is 49.5 Å². The summed E-state index contributed by atoms with van der Waals surface area (Å²) >= 11 is 0. The highest BCUT2D eigenvalue weighted by molar-refractivity contribution is 5.98. The molecule has 476 valence electrons. The molecule has 1 saturated heterocycles. The molecule has 2 aromatic carbocycles. The van der Waals surface area contributed by atoms with Gasteiger partial charge in [-0.15, -0.1) is 0 Å². The van der Waals surface area contributed by atoms with Crippen LogP contribution in [0.15, 0.2) is 71.9 Å². The molecule has 1 aliphatic heterocycles. The average Bonchev–Trinajstić information content (AvgIpc) is 2.14. The fraction of sp³-hybridized carbons (Fsp3) is 0.565. The monoisotopic (exact) mass is 1210 g/mol. The van der Waals surface area contributed by atoms with Crippen LogP contribution in [-0.2, 0) is 56.0 Å². The molecule has 3 aromatic rings. The Morgan fingerprint density at radius 1 is 0.793 bits per heavy atom. The van der Waals surface area contributed by atoms with Crippen LogP contribution in [0.2, 0.25) is 0 Å². The number of primary amides is 2. The first kappa shape index (κ1) is 69.6. The lowest BCUT2D eigenvalue weighted by Crippen LogP contribution is -2.57. The molecule has 1 aromatic heterocycles. The van der Waals surface area contributed by atoms with Gasteiger partial charge >= 0.3 is 6.03 Å². The molecule has 0 bridgehead atoms. The predicted molar refractivity (Wildman–Crippen MR) is 325 cm³/mol. The molecule has 25 heteroatoms. The van der Waals surface area contributed by atoms with Crippen LogP contribution in [0.1, 0.15) is 129 Å². The summed E-state index contributed by atoms with van der Waals surface area (Å²) < 4.78 is 0. The number of β-amino-alcohol motifs (C(OH)–C–C–N with tert-alkyl or cyclic N) is 1. The zero-order valence-electron chi connectivity index (χ0n) is 50.3. The highest BCUT2D eigenvalue weighted by atomic mass is 16.3. The number of Topliss-reactive ketones (excluding diaryl/α,β-unsaturated/α-hetero) is 3. The number of nitrogens with one attached hydrogen (secondary N) is 6. The highest BCUT2D eigenvalue weighted by Gasteiger charge is 2.43. The lowest BCUT2D eigenvalue weighted by Gasteiger charge is -2.30. The molecule has 0 radical (unpaired) electrons. The number of likely N-dealkylation sites (tertiary alicyclic amines) is 1. The van der Waals surface area contributed by atoms with Gasteiger partial charge in [0.2, 0.25) is 35.4 Å². The van der Waals surface area contributed by atoms with Gasteiger partial charge in [-0.3, -0.25) is 48.1 Å². The van der Waals surface area contributed by atoms with Crippen molar-refractivity contribution < 1.29 is 63.3 Å². The number of phenols is 1. The van der Waals surface area contributed by atoms with E-state index in [-0.39, 0.29) is 99.6 Å². The van der Waals surface area contributed by atoms with Gasteiger partial charge in [-0.2, -0.15) is 0 Å². The molecular formula is C62H90N12O13. The smallest absolute Gasteiger partial charge is 0.312 e. The number of fused-ring (bicyclic) bond motifs is 1. The van der Waals surface area contributed by atoms with E-state index in [9.17, 15) is 63.3 Å². The van der Waals surface area contributed by atoms with Crippen LogP contribution in [0.5, 0.6) is 5.75 Å². The number of para-hydroxylation sites is 1. The Bertz CT molecular complexity index is 2920. The molecule has 87 heavy (non-hydrogen) atoms. The Balaban J connectivity index is 1.28. The summed E-state index contributed by atoms with van der Waals surface area (Å²) in [6.07, 6.45) is 7.44. The number of guanidine groups is 1. The zero-order chi connectivity index (χ0) is 63.9. The second-order valence-corrected chi connectivity index (χ2v) is 23.7. The fourth-order valence-corrected chi connectivity index (χ4v) is 11.5. The predicted octanol–water partition coefficient (Wildman–Crippen LogP) is 1.86. The minimum absolute atomic E-state index is 0.0226. The van der Waals surface area contributed by atoms with Crippen LogP contribution in [-0.4, -0.2) is 152 Å². The molecule has 0 spiro atoms. The van der Waals surface area contributed by atoms with Crippen molar-refractivity contribution in [2.75, 3.05) is 19.6 Å². The number of aromatic amines is 1. The number of H-pyrrole nitrogens is 1. The molecule has 2 heterocycles. The summed E-state index contributed by atoms with van der Waals surface area (Å²) in [6, 6.07) is 6.14. The molecule has 17 N–H and O–H groups in total. The topological polar surface area (TPSA) is 427 Å². The van der Waals surface area contributed by atoms with Crippen LogP contribution >= 0.6 is 0 Å². The van der Waals surface area contributed by atoms with Crippen molar-refractivity contribution in [1.82, 2.24) is 36.5 Å². The number of nitrogens with two attached hydrogens (primary N) is 4. The maximum Gasteiger partial charge on any atom is 0.312 e. The molecule has 1 saturated carbocycles. The van der Waals surface area contributed by atoms with E-state index in [1.54, 1.807) is 30.5 Å². The largest absolute Gasteiger partial charge is 0.508 e. The van der Waals surface area contributed by atoms with E-state index in [2.05, 4.69) is 36.6 Å². The molecule has 5 rings (SSSR count). The second-order valence-electron chi connectivity index (χ2n) is 23.7. The van der Waals surface area contributed by atoms with Crippen LogP contribution in [0.25, 0.3) is 10.9 Å². The first-order valence-corrected chi connectivity index (χ1v) is 30.1. The van der Waals surface area contributed by atoms with E-state index >= 15 is 0 Å². The number of amides is 8. The van der Waals surface area contributed by atoms with Crippen molar-refractivity contribution in [3.05, 3.63) is 78.0 Å². The first-order valence-electron chi connectivity index (χ1n) is 30.1. The Morgan fingerprint density at radius 3 is 2.13 bits per heavy atom. The lowest BCUT2D eigenvalue weighted by atomic mass is 9.83. The number of aliphatic imine (C=N–C) groups is 1. The summed E-state index contributed by atoms with van der Waals surface area (Å²) in [5, 5.41) is 45.5. The van der Waals surface area contributed by atoms with Gasteiger partial charge in [0.25, 0.3) is 0 Å². The molecule has 10 atom stereocenters. The SMILES string of the molecule is CC(=O)N[C@H](Cc1ccc(O)cc1)C(=O)N1C[C@H](O)C[C@H]1C(=O)N[C@@H](CNC(N)=O)C(=O)C[C@H](C(=O)N[C@@H](CC1CCCCC1)C(=O)CC/C=C/[C@@H](CC(C)C)C(=O)C[C@@H](CCCN=C(N)N)C(=O)N[C@@H](Cc1c[nH]c2ccccc12)C(N)=O)[C@@H](C)O. The Kier molecular flexibility index (Phi) is 27.4. The van der Waals surface area contributed by atoms with Crippen LogP contribution in [0.3, 0.4) is 0 Å². The number of benzene rings is 2. The third kappa shape index (κ3) is 22.6. The third-order valence-corrected chi connectivity index (χ3v) is 16.1. The van der Waals surface area contributed by atoms with Crippen molar-refractivity contribution in [3.63, 3.8) is 0 Å². The Morgan fingerprint density at radius 2 is 1.48 bits per heavy atom. The van der Waals surface area contributed by atoms with Gasteiger partial charge in [0.1, 0.15) is 35.7 Å². The molecule has 2 fully saturated rings. The number of urea groups is 1. The lowest BCUT2D eigenvalue weighted by molar-refractivity contribution is -0.142. The number of carbonyl (C=O) groups is 10. The third-order valence-electron chi connectivity index (χ3n) is 16.1. The van der Waals surface area contributed by atoms with Crippen molar-refractivity contribution in [3.8, 4) is 5.75 Å². The number of hydrogen-bond donors (Lipinski definition) is 13. The van der Waals surface area contributed by atoms with Crippen molar-refractivity contribution in [1.29, 1.82) is 0 Å². The van der Waals surface area contributed by atoms with Crippen molar-refractivity contribution >= 4 is 75.7 Å². The molecular weight excluding hydrogens is 1120 g/mol. The van der Waals surface area contributed by atoms with Gasteiger partial charge in [0.15, 0.2) is 17.5 Å². The van der Waals surface area contributed by atoms with E-state index < -0.39 is 120 Å². The number of aliphatic hydroxyl groups is 2. The molecule has 1 aliphatic carbocycles. The number of allylic oxidation sites excluding steroid dienone is 2. The Hall–Kier alpha value is -8.19. The molecule has 8 amide bonds. The quantitative estimate of drug-likeness (QED) is 0.0173. The van der Waals surface area contributed by atoms with Crippen molar-refractivity contribution in [2.45, 2.75) is 173 Å². The van der Waals surface area contributed by atoms with Gasteiger partial charge in [0.05, 0.1) is 24.2 Å². The molecule has 0 unspecified atom stereocenters. The number of aromatic nitrogens is 1. The van der Waals surface area contributed by atoms with E-state index in [1.165, 1.54) is 26.0 Å². The first-order chi connectivity index (χ1) is 41.3. The Labute approximate surface area is 507 Å². The van der Waals surface area contributed by atoms with Crippen LogP contribution in [0, 0.1) is 29.6 Å².